The molecule has 0 aliphatic carbocycles. The Kier molecular flexibility index (Phi) is 9.30. The van der Waals surface area contributed by atoms with Gasteiger partial charge in [0.1, 0.15) is 0 Å². The van der Waals surface area contributed by atoms with E-state index in [0.29, 0.717) is 11.9 Å². The smallest absolute Gasteiger partial charge is 0.309 e. The number of ether oxygens (including phenoxy) is 1. The Morgan fingerprint density at radius 3 is 2.54 bits per heavy atom. The second-order valence-corrected chi connectivity index (χ2v) is 4.23. The quantitative estimate of drug-likeness (QED) is 0.410. The molecule has 2 nitrogen and oxygen atoms in total. The number of hydrogen-bond acceptors (Lipinski definition) is 2. The fraction of sp³-hybridized carbons (Fsp3) is 0.889. The van der Waals surface area contributed by atoms with Crippen LogP contribution in [0, 0.1) is 5.92 Å². The van der Waals surface area contributed by atoms with Crippen molar-refractivity contribution in [1.82, 2.24) is 0 Å². The second kappa shape index (κ2) is 9.00. The number of alkyl halides is 2. The van der Waals surface area contributed by atoms with Gasteiger partial charge in [0.15, 0.2) is 0 Å². The average Bonchev–Trinajstić information content (AvgIpc) is 2.13. The Bertz CT molecular complexity index is 140. The van der Waals surface area contributed by atoms with Crippen molar-refractivity contribution in [3.63, 3.8) is 0 Å². The zero-order valence-corrected chi connectivity index (χ0v) is 11.1. The van der Waals surface area contributed by atoms with E-state index in [0.717, 1.165) is 24.6 Å². The number of esters is 1. The Hall–Kier alpha value is 0.430. The van der Waals surface area contributed by atoms with Crippen molar-refractivity contribution in [2.45, 2.75) is 26.2 Å². The Balaban J connectivity index is 3.67. The van der Waals surface area contributed by atoms with E-state index in [1.807, 2.05) is 6.92 Å². The summed E-state index contributed by atoms with van der Waals surface area (Å²) in [6, 6.07) is 0. The first kappa shape index (κ1) is 13.4. The van der Waals surface area contributed by atoms with Crippen LogP contribution in [0.2, 0.25) is 0 Å². The molecule has 0 bridgehead atoms. The van der Waals surface area contributed by atoms with Crippen molar-refractivity contribution in [3.05, 3.63) is 0 Å². The molecule has 0 heterocycles. The molecule has 0 amide bonds. The number of rotatable bonds is 7. The van der Waals surface area contributed by atoms with Gasteiger partial charge < -0.3 is 4.74 Å². The number of carbonyl (C=O) groups excluding carboxylic acids is 1. The minimum atomic E-state index is -0.0750. The average molecular weight is 316 g/mol. The summed E-state index contributed by atoms with van der Waals surface area (Å²) in [5.41, 5.74) is 0. The molecule has 0 saturated heterocycles. The van der Waals surface area contributed by atoms with Crippen LogP contribution in [0.15, 0.2) is 0 Å². The number of halogens is 2. The fourth-order valence-corrected chi connectivity index (χ4v) is 1.99. The molecule has 0 aliphatic rings. The molecule has 1 unspecified atom stereocenters. The molecule has 0 rings (SSSR count). The van der Waals surface area contributed by atoms with Crippen molar-refractivity contribution < 1.29 is 9.53 Å². The van der Waals surface area contributed by atoms with Gasteiger partial charge in [0.2, 0.25) is 0 Å². The van der Waals surface area contributed by atoms with Crippen molar-refractivity contribution in [3.8, 4) is 0 Å². The van der Waals surface area contributed by atoms with E-state index in [4.69, 9.17) is 4.74 Å². The molecule has 0 aromatic heterocycles. The highest BCUT2D eigenvalue weighted by molar-refractivity contribution is 9.09. The summed E-state index contributed by atoms with van der Waals surface area (Å²) in [5, 5.41) is 1.71. The van der Waals surface area contributed by atoms with Gasteiger partial charge in [-0.1, -0.05) is 38.3 Å². The first-order chi connectivity index (χ1) is 6.26. The lowest BCUT2D eigenvalue weighted by atomic mass is 10.1. The highest BCUT2D eigenvalue weighted by Gasteiger charge is 2.17. The lowest BCUT2D eigenvalue weighted by Gasteiger charge is -2.11. The first-order valence-electron chi connectivity index (χ1n) is 4.54. The van der Waals surface area contributed by atoms with E-state index in [1.165, 1.54) is 0 Å². The summed E-state index contributed by atoms with van der Waals surface area (Å²) in [4.78, 5) is 11.3. The highest BCUT2D eigenvalue weighted by Crippen LogP contribution is 2.13. The van der Waals surface area contributed by atoms with Crippen LogP contribution < -0.4 is 0 Å². The van der Waals surface area contributed by atoms with E-state index >= 15 is 0 Å². The standard InChI is InChI=1S/C9H16Br2O2/c1-2-13-9(12)8(7-11)5-3-4-6-10/h8H,2-7H2,1H3. The third kappa shape index (κ3) is 6.49. The van der Waals surface area contributed by atoms with Crippen molar-refractivity contribution in [2.24, 2.45) is 5.92 Å². The van der Waals surface area contributed by atoms with Crippen LogP contribution in [0.3, 0.4) is 0 Å². The third-order valence-corrected chi connectivity index (χ3v) is 3.08. The Morgan fingerprint density at radius 2 is 2.08 bits per heavy atom. The molecule has 78 valence electrons. The van der Waals surface area contributed by atoms with E-state index in [-0.39, 0.29) is 11.9 Å². The Morgan fingerprint density at radius 1 is 1.38 bits per heavy atom. The van der Waals surface area contributed by atoms with E-state index in [9.17, 15) is 4.79 Å². The molecular weight excluding hydrogens is 300 g/mol. The maximum Gasteiger partial charge on any atom is 0.309 e. The summed E-state index contributed by atoms with van der Waals surface area (Å²) in [6.07, 6.45) is 3.10. The van der Waals surface area contributed by atoms with E-state index in [2.05, 4.69) is 31.9 Å². The van der Waals surface area contributed by atoms with Gasteiger partial charge in [0.25, 0.3) is 0 Å². The summed E-state index contributed by atoms with van der Waals surface area (Å²) in [7, 11) is 0. The van der Waals surface area contributed by atoms with Crippen molar-refractivity contribution >= 4 is 37.8 Å². The van der Waals surface area contributed by atoms with Gasteiger partial charge in [-0.25, -0.2) is 0 Å². The van der Waals surface area contributed by atoms with Gasteiger partial charge in [-0.3, -0.25) is 4.79 Å². The lowest BCUT2D eigenvalue weighted by Crippen LogP contribution is -2.19. The van der Waals surface area contributed by atoms with E-state index in [1.54, 1.807) is 0 Å². The minimum Gasteiger partial charge on any atom is -0.466 e. The monoisotopic (exact) mass is 314 g/mol. The minimum absolute atomic E-state index is 0.0269. The molecule has 0 N–H and O–H groups in total. The SMILES string of the molecule is CCOC(=O)C(CBr)CCCCBr. The fourth-order valence-electron chi connectivity index (χ4n) is 1.00. The maximum absolute atomic E-state index is 11.3. The summed E-state index contributed by atoms with van der Waals surface area (Å²) in [6.45, 7) is 2.31. The zero-order valence-electron chi connectivity index (χ0n) is 7.89. The van der Waals surface area contributed by atoms with Crippen LogP contribution in [-0.2, 0) is 9.53 Å². The molecule has 4 heteroatoms. The van der Waals surface area contributed by atoms with Crippen LogP contribution in [-0.4, -0.2) is 23.2 Å². The van der Waals surface area contributed by atoms with Crippen LogP contribution >= 0.6 is 31.9 Å². The molecule has 0 fully saturated rings. The third-order valence-electron chi connectivity index (χ3n) is 1.74. The summed E-state index contributed by atoms with van der Waals surface area (Å²) >= 11 is 6.69. The number of carbonyl (C=O) groups is 1. The van der Waals surface area contributed by atoms with Crippen molar-refractivity contribution in [1.29, 1.82) is 0 Å². The van der Waals surface area contributed by atoms with Crippen LogP contribution in [0.1, 0.15) is 26.2 Å². The molecule has 1 atom stereocenters. The normalized spacial score (nSPS) is 12.5. The summed E-state index contributed by atoms with van der Waals surface area (Å²) in [5.74, 6) is -0.0482. The zero-order chi connectivity index (χ0) is 10.1. The van der Waals surface area contributed by atoms with E-state index < -0.39 is 0 Å². The van der Waals surface area contributed by atoms with Gasteiger partial charge >= 0.3 is 5.97 Å². The van der Waals surface area contributed by atoms with Crippen LogP contribution in [0.25, 0.3) is 0 Å². The first-order valence-corrected chi connectivity index (χ1v) is 6.79. The largest absolute Gasteiger partial charge is 0.466 e. The Labute approximate surface area is 96.7 Å². The topological polar surface area (TPSA) is 26.3 Å². The molecule has 0 aromatic carbocycles. The van der Waals surface area contributed by atoms with Crippen molar-refractivity contribution in [2.75, 3.05) is 17.3 Å². The predicted octanol–water partition coefficient (Wildman–Crippen LogP) is 3.13. The number of unbranched alkanes of at least 4 members (excludes halogenated alkanes) is 1. The highest BCUT2D eigenvalue weighted by atomic mass is 79.9. The van der Waals surface area contributed by atoms with Gasteiger partial charge in [0, 0.05) is 10.7 Å². The molecule has 0 spiro atoms. The van der Waals surface area contributed by atoms with Gasteiger partial charge in [0.05, 0.1) is 12.5 Å². The van der Waals surface area contributed by atoms with Crippen LogP contribution in [0.4, 0.5) is 0 Å². The van der Waals surface area contributed by atoms with Gasteiger partial charge in [-0.2, -0.15) is 0 Å². The molecule has 0 aliphatic heterocycles. The molecule has 13 heavy (non-hydrogen) atoms. The molecule has 0 aromatic rings. The van der Waals surface area contributed by atoms with Crippen LogP contribution in [0.5, 0.6) is 0 Å². The summed E-state index contributed by atoms with van der Waals surface area (Å²) < 4.78 is 4.94. The van der Waals surface area contributed by atoms with Gasteiger partial charge in [-0.05, 0) is 19.8 Å². The molecule has 0 saturated carbocycles. The van der Waals surface area contributed by atoms with Gasteiger partial charge in [-0.15, -0.1) is 0 Å². The molecular formula is C9H16Br2O2. The maximum atomic E-state index is 11.3. The number of hydrogen-bond donors (Lipinski definition) is 0. The second-order valence-electron chi connectivity index (χ2n) is 2.79. The lowest BCUT2D eigenvalue weighted by molar-refractivity contribution is -0.147. The predicted molar refractivity (Wildman–Crippen MR) is 61.6 cm³/mol. The molecule has 0 radical (unpaired) electrons.